The summed E-state index contributed by atoms with van der Waals surface area (Å²) in [6, 6.07) is 0. The van der Waals surface area contributed by atoms with Crippen molar-refractivity contribution in [3.05, 3.63) is 10.4 Å². The molecule has 4 nitrogen and oxygen atoms in total. The number of hydrogen-bond donors (Lipinski definition) is 2. The van der Waals surface area contributed by atoms with E-state index in [0.717, 1.165) is 18.1 Å². The summed E-state index contributed by atoms with van der Waals surface area (Å²) < 4.78 is 3.90. The minimum atomic E-state index is -0.154. The Labute approximate surface area is 105 Å². The largest absolute Gasteiger partial charge is 0.382 e. The molecule has 0 bridgehead atoms. The van der Waals surface area contributed by atoms with E-state index >= 15 is 0 Å². The summed E-state index contributed by atoms with van der Waals surface area (Å²) in [6.07, 6.45) is 10.2. The van der Waals surface area contributed by atoms with Gasteiger partial charge < -0.3 is 11.1 Å². The average Bonchev–Trinajstić information content (AvgIpc) is 2.94. The van der Waals surface area contributed by atoms with Crippen LogP contribution in [0.3, 0.4) is 0 Å². The van der Waals surface area contributed by atoms with Crippen molar-refractivity contribution in [1.29, 1.82) is 0 Å². The van der Waals surface area contributed by atoms with Crippen LogP contribution in [-0.2, 0) is 0 Å². The normalized spacial score (nSPS) is 15.7. The summed E-state index contributed by atoms with van der Waals surface area (Å²) in [4.78, 5) is 12.3. The van der Waals surface area contributed by atoms with Gasteiger partial charge in [0.15, 0.2) is 5.82 Å². The van der Waals surface area contributed by atoms with Gasteiger partial charge in [-0.2, -0.15) is 4.37 Å². The highest BCUT2D eigenvalue weighted by atomic mass is 32.1. The van der Waals surface area contributed by atoms with Crippen LogP contribution in [0.25, 0.3) is 0 Å². The second-order valence-electron chi connectivity index (χ2n) is 4.28. The van der Waals surface area contributed by atoms with Crippen LogP contribution in [-0.4, -0.2) is 16.8 Å². The Hall–Kier alpha value is -1.54. The monoisotopic (exact) mass is 249 g/mol. The molecule has 1 amide bonds. The molecule has 1 saturated carbocycles. The maximum atomic E-state index is 11.9. The van der Waals surface area contributed by atoms with Gasteiger partial charge in [-0.1, -0.05) is 18.8 Å². The molecule has 90 valence electrons. The number of amides is 1. The molecule has 17 heavy (non-hydrogen) atoms. The summed E-state index contributed by atoms with van der Waals surface area (Å²) in [5, 5.41) is 2.91. The molecule has 0 saturated heterocycles. The maximum Gasteiger partial charge on any atom is 0.264 e. The number of nitrogen functional groups attached to an aromatic ring is 1. The van der Waals surface area contributed by atoms with E-state index in [1.54, 1.807) is 0 Å². The van der Waals surface area contributed by atoms with Crippen molar-refractivity contribution < 1.29 is 4.79 Å². The molecule has 0 atom stereocenters. The lowest BCUT2D eigenvalue weighted by molar-refractivity contribution is 0.0951. The molecule has 1 heterocycles. The lowest BCUT2D eigenvalue weighted by Crippen LogP contribution is -2.28. The Balaban J connectivity index is 1.97. The number of carbonyl (C=O) groups is 1. The third-order valence-electron chi connectivity index (χ3n) is 3.10. The van der Waals surface area contributed by atoms with Gasteiger partial charge in [0.05, 0.1) is 5.56 Å². The van der Waals surface area contributed by atoms with Crippen molar-refractivity contribution in [3.63, 3.8) is 0 Å². The number of hydrogen-bond acceptors (Lipinski definition) is 4. The molecule has 1 aliphatic rings. The minimum absolute atomic E-state index is 0.154. The van der Waals surface area contributed by atoms with Crippen molar-refractivity contribution >= 4 is 23.3 Å². The molecule has 1 aliphatic carbocycles. The van der Waals surface area contributed by atoms with Crippen LogP contribution in [0.1, 0.15) is 40.9 Å². The van der Waals surface area contributed by atoms with Gasteiger partial charge in [0.1, 0.15) is 4.88 Å². The molecule has 3 N–H and O–H groups in total. The first kappa shape index (κ1) is 11.9. The number of anilines is 1. The smallest absolute Gasteiger partial charge is 0.264 e. The van der Waals surface area contributed by atoms with Crippen LogP contribution >= 0.6 is 11.5 Å². The fraction of sp³-hybridized carbons (Fsp3) is 0.500. The lowest BCUT2D eigenvalue weighted by atomic mass is 10.1. The fourth-order valence-electron chi connectivity index (χ4n) is 2.13. The molecule has 1 fully saturated rings. The van der Waals surface area contributed by atoms with E-state index in [1.165, 1.54) is 25.7 Å². The van der Waals surface area contributed by atoms with Crippen molar-refractivity contribution in [1.82, 2.24) is 9.69 Å². The summed E-state index contributed by atoms with van der Waals surface area (Å²) in [6.45, 7) is 0.723. The number of nitrogens with one attached hydrogen (secondary N) is 1. The first-order valence-electron chi connectivity index (χ1n) is 5.72. The predicted octanol–water partition coefficient (Wildman–Crippen LogP) is 1.63. The standard InChI is InChI=1S/C12H15N3OS/c1-2-9-10(17-15-11(9)13)12(16)14-7-8-5-3-4-6-8/h1,8H,3-7H2,(H2,13,15)(H,14,16). The van der Waals surface area contributed by atoms with Crippen LogP contribution in [0.15, 0.2) is 0 Å². The zero-order valence-electron chi connectivity index (χ0n) is 9.53. The Morgan fingerprint density at radius 3 is 2.94 bits per heavy atom. The van der Waals surface area contributed by atoms with Crippen molar-refractivity contribution in [3.8, 4) is 12.3 Å². The van der Waals surface area contributed by atoms with E-state index < -0.39 is 0 Å². The third kappa shape index (κ3) is 2.59. The zero-order valence-corrected chi connectivity index (χ0v) is 10.3. The van der Waals surface area contributed by atoms with E-state index in [1.807, 2.05) is 0 Å². The molecule has 0 aliphatic heterocycles. The van der Waals surface area contributed by atoms with Gasteiger partial charge in [-0.25, -0.2) is 0 Å². The second kappa shape index (κ2) is 5.19. The Morgan fingerprint density at radius 1 is 1.59 bits per heavy atom. The number of nitrogens with two attached hydrogens (primary N) is 1. The molecule has 1 aromatic rings. The highest BCUT2D eigenvalue weighted by Gasteiger charge is 2.19. The first-order valence-corrected chi connectivity index (χ1v) is 6.49. The highest BCUT2D eigenvalue weighted by Crippen LogP contribution is 2.24. The van der Waals surface area contributed by atoms with Crippen LogP contribution in [0, 0.1) is 18.3 Å². The molecule has 0 spiro atoms. The highest BCUT2D eigenvalue weighted by molar-refractivity contribution is 7.08. The Morgan fingerprint density at radius 2 is 2.29 bits per heavy atom. The Bertz CT molecular complexity index is 455. The summed E-state index contributed by atoms with van der Waals surface area (Å²) in [7, 11) is 0. The van der Waals surface area contributed by atoms with Gasteiger partial charge >= 0.3 is 0 Å². The molecule has 0 aromatic carbocycles. The summed E-state index contributed by atoms with van der Waals surface area (Å²) in [5.41, 5.74) is 6.00. The van der Waals surface area contributed by atoms with Gasteiger partial charge in [0.2, 0.25) is 0 Å². The fourth-order valence-corrected chi connectivity index (χ4v) is 2.82. The van der Waals surface area contributed by atoms with Crippen molar-refractivity contribution in [2.75, 3.05) is 12.3 Å². The Kier molecular flexibility index (Phi) is 3.64. The maximum absolute atomic E-state index is 11.9. The molecule has 0 radical (unpaired) electrons. The second-order valence-corrected chi connectivity index (χ2v) is 5.05. The van der Waals surface area contributed by atoms with Crippen molar-refractivity contribution in [2.24, 2.45) is 5.92 Å². The summed E-state index contributed by atoms with van der Waals surface area (Å²) in [5.74, 6) is 3.14. The minimum Gasteiger partial charge on any atom is -0.382 e. The quantitative estimate of drug-likeness (QED) is 0.800. The van der Waals surface area contributed by atoms with Crippen molar-refractivity contribution in [2.45, 2.75) is 25.7 Å². The number of carbonyl (C=O) groups excluding carboxylic acids is 1. The van der Waals surface area contributed by atoms with Gasteiger partial charge in [-0.3, -0.25) is 4.79 Å². The molecule has 2 rings (SSSR count). The number of terminal acetylenes is 1. The predicted molar refractivity (Wildman–Crippen MR) is 68.8 cm³/mol. The first-order chi connectivity index (χ1) is 8.22. The molecular weight excluding hydrogens is 234 g/mol. The van der Waals surface area contributed by atoms with Gasteiger partial charge in [0.25, 0.3) is 5.91 Å². The lowest BCUT2D eigenvalue weighted by Gasteiger charge is -2.09. The summed E-state index contributed by atoms with van der Waals surface area (Å²) >= 11 is 1.06. The van der Waals surface area contributed by atoms with E-state index in [0.29, 0.717) is 16.4 Å². The van der Waals surface area contributed by atoms with Crippen LogP contribution in [0.5, 0.6) is 0 Å². The van der Waals surface area contributed by atoms with E-state index in [-0.39, 0.29) is 11.7 Å². The zero-order chi connectivity index (χ0) is 12.3. The number of rotatable bonds is 3. The van der Waals surface area contributed by atoms with E-state index in [9.17, 15) is 4.79 Å². The van der Waals surface area contributed by atoms with E-state index in [2.05, 4.69) is 15.6 Å². The van der Waals surface area contributed by atoms with Crippen LogP contribution in [0.2, 0.25) is 0 Å². The molecule has 1 aromatic heterocycles. The molecular formula is C12H15N3OS. The van der Waals surface area contributed by atoms with Crippen LogP contribution in [0.4, 0.5) is 5.82 Å². The number of nitrogens with zero attached hydrogens (tertiary/aromatic N) is 1. The van der Waals surface area contributed by atoms with E-state index in [4.69, 9.17) is 12.2 Å². The van der Waals surface area contributed by atoms with Gasteiger partial charge in [-0.15, -0.1) is 6.42 Å². The topological polar surface area (TPSA) is 68.0 Å². The molecule has 0 unspecified atom stereocenters. The number of aromatic nitrogens is 1. The van der Waals surface area contributed by atoms with Gasteiger partial charge in [-0.05, 0) is 30.3 Å². The third-order valence-corrected chi connectivity index (χ3v) is 3.96. The van der Waals surface area contributed by atoms with Gasteiger partial charge in [0, 0.05) is 6.54 Å². The molecule has 5 heteroatoms. The SMILES string of the molecule is C#Cc1c(N)nsc1C(=O)NCC1CCCC1. The van der Waals surface area contributed by atoms with Crippen LogP contribution < -0.4 is 11.1 Å². The average molecular weight is 249 g/mol.